The Bertz CT molecular complexity index is 1180. The molecule has 0 aromatic heterocycles. The van der Waals surface area contributed by atoms with E-state index in [0.717, 1.165) is 84.9 Å². The van der Waals surface area contributed by atoms with Gasteiger partial charge in [-0.25, -0.2) is 4.79 Å². The van der Waals surface area contributed by atoms with Crippen molar-refractivity contribution in [2.45, 2.75) is 96.5 Å². The Kier molecular flexibility index (Phi) is 15.5. The molecule has 0 bridgehead atoms. The molecule has 0 aliphatic heterocycles. The summed E-state index contributed by atoms with van der Waals surface area (Å²) in [4.78, 5) is 25.0. The predicted molar refractivity (Wildman–Crippen MR) is 173 cm³/mol. The summed E-state index contributed by atoms with van der Waals surface area (Å²) in [5.74, 6) is 0.268. The number of aliphatic hydroxyl groups is 3. The number of fused-ring (bicyclic) bond motifs is 2. The number of carbonyl (C=O) groups excluding carboxylic acids is 2. The van der Waals surface area contributed by atoms with Gasteiger partial charge in [0.15, 0.2) is 0 Å². The molecule has 3 aromatic rings. The Morgan fingerprint density at radius 1 is 0.651 bits per heavy atom. The second-order valence-electron chi connectivity index (χ2n) is 11.8. The number of ether oxygens (including phenoxy) is 1. The van der Waals surface area contributed by atoms with Gasteiger partial charge < -0.3 is 25.4 Å². The number of carbonyl (C=O) groups is 2. The minimum Gasteiger partial charge on any atom is -0.445 e. The Balaban J connectivity index is 1.31. The van der Waals surface area contributed by atoms with Gasteiger partial charge in [0.1, 0.15) is 12.4 Å². The molecule has 0 saturated heterocycles. The van der Waals surface area contributed by atoms with Crippen molar-refractivity contribution in [2.24, 2.45) is 5.41 Å². The number of alkyl carbamates (subject to hydrolysis) is 1. The molecule has 7 nitrogen and oxygen atoms in total. The summed E-state index contributed by atoms with van der Waals surface area (Å²) in [6.45, 7) is 1.13. The summed E-state index contributed by atoms with van der Waals surface area (Å²) < 4.78 is 5.60. The van der Waals surface area contributed by atoms with Crippen LogP contribution < -0.4 is 5.32 Å². The third-order valence-corrected chi connectivity index (χ3v) is 8.66. The normalized spacial score (nSPS) is 11.7. The highest BCUT2D eigenvalue weighted by Crippen LogP contribution is 2.40. The topological polar surface area (TPSA) is 116 Å². The van der Waals surface area contributed by atoms with E-state index in [2.05, 4.69) is 35.6 Å². The number of ketones is 1. The fourth-order valence-corrected chi connectivity index (χ4v) is 6.26. The quantitative estimate of drug-likeness (QED) is 0.0722. The fourth-order valence-electron chi connectivity index (χ4n) is 6.26. The molecule has 0 aliphatic rings. The lowest BCUT2D eigenvalue weighted by Gasteiger charge is -2.34. The molecule has 43 heavy (non-hydrogen) atoms. The number of hydrogen-bond donors (Lipinski definition) is 4. The molecule has 3 rings (SSSR count). The molecule has 7 heteroatoms. The van der Waals surface area contributed by atoms with Crippen LogP contribution in [0.5, 0.6) is 0 Å². The van der Waals surface area contributed by atoms with E-state index in [1.54, 1.807) is 0 Å². The van der Waals surface area contributed by atoms with Crippen LogP contribution in [0.4, 0.5) is 4.79 Å². The Morgan fingerprint density at radius 2 is 1.19 bits per heavy atom. The van der Waals surface area contributed by atoms with Gasteiger partial charge >= 0.3 is 6.09 Å². The van der Waals surface area contributed by atoms with E-state index in [9.17, 15) is 24.9 Å². The van der Waals surface area contributed by atoms with Gasteiger partial charge in [-0.05, 0) is 90.8 Å². The van der Waals surface area contributed by atoms with Gasteiger partial charge in [0.05, 0.1) is 0 Å². The first kappa shape index (κ1) is 34.5. The number of hydrogen-bond acceptors (Lipinski definition) is 6. The van der Waals surface area contributed by atoms with Crippen molar-refractivity contribution < 1.29 is 29.6 Å². The highest BCUT2D eigenvalue weighted by molar-refractivity contribution is 6.02. The highest BCUT2D eigenvalue weighted by atomic mass is 16.5. The lowest BCUT2D eigenvalue weighted by atomic mass is 9.71. The summed E-state index contributed by atoms with van der Waals surface area (Å²) >= 11 is 0. The third-order valence-electron chi connectivity index (χ3n) is 8.66. The van der Waals surface area contributed by atoms with Crippen LogP contribution in [0.25, 0.3) is 21.5 Å². The van der Waals surface area contributed by atoms with Crippen molar-refractivity contribution in [2.75, 3.05) is 26.4 Å². The fraction of sp³-hybridized carbons (Fsp3) is 0.556. The summed E-state index contributed by atoms with van der Waals surface area (Å²) in [6.07, 6.45) is 10.6. The summed E-state index contributed by atoms with van der Waals surface area (Å²) in [7, 11) is 0. The van der Waals surface area contributed by atoms with Crippen LogP contribution in [0.15, 0.2) is 54.6 Å². The number of rotatable bonds is 22. The van der Waals surface area contributed by atoms with Crippen LogP contribution in [-0.4, -0.2) is 53.6 Å². The maximum Gasteiger partial charge on any atom is 0.407 e. The lowest BCUT2D eigenvalue weighted by molar-refractivity contribution is -0.120. The Labute approximate surface area is 256 Å². The largest absolute Gasteiger partial charge is 0.445 e. The molecule has 0 radical (unpaired) electrons. The van der Waals surface area contributed by atoms with Crippen LogP contribution in [-0.2, 0) is 16.1 Å². The second-order valence-corrected chi connectivity index (χ2v) is 11.8. The van der Waals surface area contributed by atoms with Crippen molar-refractivity contribution in [3.05, 3.63) is 60.2 Å². The van der Waals surface area contributed by atoms with E-state index in [1.165, 1.54) is 0 Å². The molecule has 0 heterocycles. The van der Waals surface area contributed by atoms with E-state index >= 15 is 0 Å². The van der Waals surface area contributed by atoms with E-state index < -0.39 is 6.09 Å². The zero-order chi connectivity index (χ0) is 30.8. The minimum atomic E-state index is -0.407. The van der Waals surface area contributed by atoms with Gasteiger partial charge in [0.25, 0.3) is 0 Å². The van der Waals surface area contributed by atoms with Crippen molar-refractivity contribution in [1.82, 2.24) is 5.32 Å². The average molecular weight is 594 g/mol. The summed E-state index contributed by atoms with van der Waals surface area (Å²) in [5.41, 5.74) is 0.922. The van der Waals surface area contributed by atoms with Gasteiger partial charge in [0, 0.05) is 44.8 Å². The minimum absolute atomic E-state index is 0.0966. The van der Waals surface area contributed by atoms with Gasteiger partial charge in [-0.2, -0.15) is 0 Å². The maximum atomic E-state index is 12.6. The van der Waals surface area contributed by atoms with Gasteiger partial charge in [0.2, 0.25) is 0 Å². The van der Waals surface area contributed by atoms with Crippen molar-refractivity contribution in [1.29, 1.82) is 0 Å². The standard InChI is InChI=1S/C36H51NO6/c38-24-10-19-36(20-11-25-39,21-12-26-40)22-18-31(41)15-4-2-1-3-9-23-37-35(42)43-28-34-32-16-7-5-13-29(32)27-30-14-6-8-17-33(30)34/h5-8,13-14,16-17,27,38-40H,1-4,9-12,15,18-26,28H2,(H,37,42). The smallest absolute Gasteiger partial charge is 0.407 e. The van der Waals surface area contributed by atoms with Gasteiger partial charge in [-0.3, -0.25) is 4.79 Å². The maximum absolute atomic E-state index is 12.6. The van der Waals surface area contributed by atoms with Gasteiger partial charge in [-0.1, -0.05) is 67.8 Å². The summed E-state index contributed by atoms with van der Waals surface area (Å²) in [5, 5.41) is 35.3. The number of Topliss-reactive ketones (excluding diaryl/α,β-unsaturated/α-hetero) is 1. The molecular weight excluding hydrogens is 542 g/mol. The summed E-state index contributed by atoms with van der Waals surface area (Å²) in [6, 6.07) is 18.5. The van der Waals surface area contributed by atoms with Crippen LogP contribution in [0, 0.1) is 5.41 Å². The zero-order valence-electron chi connectivity index (χ0n) is 25.7. The molecule has 0 saturated carbocycles. The highest BCUT2D eigenvalue weighted by Gasteiger charge is 2.29. The average Bonchev–Trinajstić information content (AvgIpc) is 3.03. The Morgan fingerprint density at radius 3 is 1.77 bits per heavy atom. The number of aliphatic hydroxyl groups excluding tert-OH is 3. The van der Waals surface area contributed by atoms with E-state index in [4.69, 9.17) is 4.74 Å². The van der Waals surface area contributed by atoms with Crippen LogP contribution in [0.1, 0.15) is 95.5 Å². The number of amides is 1. The monoisotopic (exact) mass is 593 g/mol. The van der Waals surface area contributed by atoms with E-state index in [1.807, 2.05) is 24.3 Å². The molecule has 0 atom stereocenters. The predicted octanol–water partition coefficient (Wildman–Crippen LogP) is 7.21. The molecule has 1 amide bonds. The molecule has 236 valence electrons. The first-order chi connectivity index (χ1) is 21.0. The lowest BCUT2D eigenvalue weighted by Crippen LogP contribution is -2.25. The first-order valence-electron chi connectivity index (χ1n) is 16.2. The van der Waals surface area contributed by atoms with E-state index in [0.29, 0.717) is 38.6 Å². The van der Waals surface area contributed by atoms with E-state index in [-0.39, 0.29) is 37.6 Å². The SMILES string of the molecule is O=C(CCCCCCCNC(=O)OCc1c2ccccc2cc2ccccc12)CCC(CCCO)(CCCO)CCCO. The number of benzene rings is 3. The van der Waals surface area contributed by atoms with Crippen molar-refractivity contribution in [3.8, 4) is 0 Å². The first-order valence-corrected chi connectivity index (χ1v) is 16.2. The van der Waals surface area contributed by atoms with Crippen molar-refractivity contribution >= 4 is 33.4 Å². The zero-order valence-corrected chi connectivity index (χ0v) is 25.7. The molecule has 0 fully saturated rings. The van der Waals surface area contributed by atoms with Gasteiger partial charge in [-0.15, -0.1) is 0 Å². The molecule has 3 aromatic carbocycles. The van der Waals surface area contributed by atoms with Crippen LogP contribution in [0.3, 0.4) is 0 Å². The molecule has 4 N–H and O–H groups in total. The molecular formula is C36H51NO6. The second kappa shape index (κ2) is 19.3. The number of nitrogens with one attached hydrogen (secondary N) is 1. The van der Waals surface area contributed by atoms with Crippen LogP contribution in [0.2, 0.25) is 0 Å². The third kappa shape index (κ3) is 11.5. The van der Waals surface area contributed by atoms with Crippen molar-refractivity contribution in [3.63, 3.8) is 0 Å². The molecule has 0 spiro atoms. The number of unbranched alkanes of at least 4 members (excludes halogenated alkanes) is 4. The molecule has 0 aliphatic carbocycles. The molecule has 0 unspecified atom stereocenters. The Hall–Kier alpha value is -3.00. The van der Waals surface area contributed by atoms with Crippen LogP contribution >= 0.6 is 0 Å².